The van der Waals surface area contributed by atoms with Gasteiger partial charge in [0, 0.05) is 0 Å². The molecule has 0 spiro atoms. The predicted molar refractivity (Wildman–Crippen MR) is 80.1 cm³/mol. The van der Waals surface area contributed by atoms with Crippen molar-refractivity contribution in [3.63, 3.8) is 0 Å². The Balaban J connectivity index is 4.73. The SMILES string of the molecule is C=CCC(C=C(C)C)CC(C(=C)C)C(C)CC. The minimum absolute atomic E-state index is 0.619. The van der Waals surface area contributed by atoms with Crippen molar-refractivity contribution in [2.45, 2.75) is 53.9 Å². The third-order valence-corrected chi connectivity index (χ3v) is 3.56. The van der Waals surface area contributed by atoms with E-state index in [-0.39, 0.29) is 0 Å². The van der Waals surface area contributed by atoms with Gasteiger partial charge in [0.2, 0.25) is 0 Å². The van der Waals surface area contributed by atoms with Crippen LogP contribution in [0.15, 0.2) is 36.5 Å². The summed E-state index contributed by atoms with van der Waals surface area (Å²) in [5.41, 5.74) is 2.73. The second kappa shape index (κ2) is 8.33. The summed E-state index contributed by atoms with van der Waals surface area (Å²) < 4.78 is 0. The van der Waals surface area contributed by atoms with Crippen LogP contribution in [0.5, 0.6) is 0 Å². The van der Waals surface area contributed by atoms with Crippen LogP contribution >= 0.6 is 0 Å². The third kappa shape index (κ3) is 6.51. The molecule has 0 saturated carbocycles. The fourth-order valence-electron chi connectivity index (χ4n) is 2.45. The zero-order valence-corrected chi connectivity index (χ0v) is 12.4. The number of hydrogen-bond acceptors (Lipinski definition) is 0. The minimum Gasteiger partial charge on any atom is -0.103 e. The lowest BCUT2D eigenvalue weighted by Gasteiger charge is -2.26. The highest BCUT2D eigenvalue weighted by atomic mass is 14.2. The molecule has 0 aromatic rings. The molecular formula is C17H30. The average Bonchev–Trinajstić information content (AvgIpc) is 2.23. The van der Waals surface area contributed by atoms with E-state index in [1.54, 1.807) is 0 Å². The Kier molecular flexibility index (Phi) is 7.95. The zero-order valence-electron chi connectivity index (χ0n) is 12.4. The zero-order chi connectivity index (χ0) is 13.4. The smallest absolute Gasteiger partial charge is 0.0177 e. The van der Waals surface area contributed by atoms with Gasteiger partial charge in [-0.25, -0.2) is 0 Å². The molecule has 0 aromatic heterocycles. The van der Waals surface area contributed by atoms with E-state index in [2.05, 4.69) is 53.9 Å². The summed E-state index contributed by atoms with van der Waals surface area (Å²) in [6, 6.07) is 0. The van der Waals surface area contributed by atoms with E-state index in [9.17, 15) is 0 Å². The summed E-state index contributed by atoms with van der Waals surface area (Å²) in [4.78, 5) is 0. The van der Waals surface area contributed by atoms with Crippen LogP contribution in [0.1, 0.15) is 53.9 Å². The summed E-state index contributed by atoms with van der Waals surface area (Å²) in [5, 5.41) is 0. The van der Waals surface area contributed by atoms with Crippen molar-refractivity contribution < 1.29 is 0 Å². The standard InChI is InChI=1S/C17H30/c1-8-10-16(11-13(3)4)12-17(14(5)6)15(7)9-2/h8,11,15-17H,1,5,9-10,12H2,2-4,6-7H3. The molecule has 0 aliphatic heterocycles. The maximum Gasteiger partial charge on any atom is -0.0177 e. The molecule has 0 N–H and O–H groups in total. The Bertz CT molecular complexity index is 266. The van der Waals surface area contributed by atoms with Gasteiger partial charge in [0.25, 0.3) is 0 Å². The molecule has 0 aliphatic rings. The highest BCUT2D eigenvalue weighted by Crippen LogP contribution is 2.31. The molecule has 0 aromatic carbocycles. The summed E-state index contributed by atoms with van der Waals surface area (Å²) in [6.07, 6.45) is 7.94. The van der Waals surface area contributed by atoms with E-state index in [4.69, 9.17) is 0 Å². The lowest BCUT2D eigenvalue weighted by atomic mass is 9.79. The molecule has 0 bridgehead atoms. The van der Waals surface area contributed by atoms with E-state index in [1.807, 2.05) is 6.08 Å². The molecule has 0 saturated heterocycles. The quantitative estimate of drug-likeness (QED) is 0.467. The first-order valence-corrected chi connectivity index (χ1v) is 6.83. The van der Waals surface area contributed by atoms with Crippen molar-refractivity contribution in [3.8, 4) is 0 Å². The fraction of sp³-hybridized carbons (Fsp3) is 0.647. The third-order valence-electron chi connectivity index (χ3n) is 3.56. The molecule has 0 amide bonds. The Hall–Kier alpha value is -0.780. The molecule has 17 heavy (non-hydrogen) atoms. The Morgan fingerprint density at radius 3 is 2.18 bits per heavy atom. The molecule has 0 nitrogen and oxygen atoms in total. The van der Waals surface area contributed by atoms with Crippen LogP contribution in [0.25, 0.3) is 0 Å². The number of rotatable bonds is 8. The number of allylic oxidation sites excluding steroid dienone is 4. The van der Waals surface area contributed by atoms with Gasteiger partial charge in [-0.1, -0.05) is 50.1 Å². The molecule has 0 radical (unpaired) electrons. The monoisotopic (exact) mass is 234 g/mol. The maximum absolute atomic E-state index is 4.17. The van der Waals surface area contributed by atoms with Crippen molar-refractivity contribution in [1.82, 2.24) is 0 Å². The van der Waals surface area contributed by atoms with Crippen molar-refractivity contribution in [1.29, 1.82) is 0 Å². The first-order chi connectivity index (χ1) is 7.92. The van der Waals surface area contributed by atoms with E-state index in [0.717, 1.165) is 12.3 Å². The Morgan fingerprint density at radius 1 is 1.24 bits per heavy atom. The van der Waals surface area contributed by atoms with Crippen LogP contribution in [-0.2, 0) is 0 Å². The van der Waals surface area contributed by atoms with Crippen molar-refractivity contribution in [2.75, 3.05) is 0 Å². The van der Waals surface area contributed by atoms with Gasteiger partial charge in [0.15, 0.2) is 0 Å². The molecule has 0 fully saturated rings. The van der Waals surface area contributed by atoms with Crippen LogP contribution < -0.4 is 0 Å². The fourth-order valence-corrected chi connectivity index (χ4v) is 2.45. The highest BCUT2D eigenvalue weighted by Gasteiger charge is 2.19. The number of hydrogen-bond donors (Lipinski definition) is 0. The van der Waals surface area contributed by atoms with E-state index >= 15 is 0 Å². The van der Waals surface area contributed by atoms with Gasteiger partial charge in [0.05, 0.1) is 0 Å². The maximum atomic E-state index is 4.17. The summed E-state index contributed by atoms with van der Waals surface area (Å²) >= 11 is 0. The van der Waals surface area contributed by atoms with Gasteiger partial charge in [-0.2, -0.15) is 0 Å². The first kappa shape index (κ1) is 16.2. The van der Waals surface area contributed by atoms with Crippen molar-refractivity contribution >= 4 is 0 Å². The summed E-state index contributed by atoms with van der Waals surface area (Å²) in [6.45, 7) is 19.2. The van der Waals surface area contributed by atoms with E-state index in [0.29, 0.717) is 11.8 Å². The Morgan fingerprint density at radius 2 is 1.82 bits per heavy atom. The van der Waals surface area contributed by atoms with Crippen LogP contribution in [0, 0.1) is 17.8 Å². The van der Waals surface area contributed by atoms with Crippen molar-refractivity contribution in [3.05, 3.63) is 36.5 Å². The summed E-state index contributed by atoms with van der Waals surface area (Å²) in [5.74, 6) is 1.99. The van der Waals surface area contributed by atoms with Gasteiger partial charge in [0.1, 0.15) is 0 Å². The molecular weight excluding hydrogens is 204 g/mol. The molecule has 3 atom stereocenters. The highest BCUT2D eigenvalue weighted by molar-refractivity contribution is 5.04. The lowest BCUT2D eigenvalue weighted by Crippen LogP contribution is -2.16. The molecule has 0 heteroatoms. The first-order valence-electron chi connectivity index (χ1n) is 6.83. The molecule has 3 unspecified atom stereocenters. The molecule has 98 valence electrons. The van der Waals surface area contributed by atoms with Crippen molar-refractivity contribution in [2.24, 2.45) is 17.8 Å². The second-order valence-electron chi connectivity index (χ2n) is 5.60. The van der Waals surface area contributed by atoms with E-state index < -0.39 is 0 Å². The van der Waals surface area contributed by atoms with Gasteiger partial charge >= 0.3 is 0 Å². The summed E-state index contributed by atoms with van der Waals surface area (Å²) in [7, 11) is 0. The van der Waals surface area contributed by atoms with Crippen LogP contribution in [-0.4, -0.2) is 0 Å². The van der Waals surface area contributed by atoms with Gasteiger partial charge in [-0.05, 0) is 51.4 Å². The Labute approximate surface area is 109 Å². The molecule has 0 rings (SSSR count). The van der Waals surface area contributed by atoms with E-state index in [1.165, 1.54) is 24.0 Å². The van der Waals surface area contributed by atoms with Crippen LogP contribution in [0.2, 0.25) is 0 Å². The van der Waals surface area contributed by atoms with Crippen LogP contribution in [0.3, 0.4) is 0 Å². The predicted octanol–water partition coefficient (Wildman–Crippen LogP) is 5.77. The molecule has 0 aliphatic carbocycles. The van der Waals surface area contributed by atoms with Gasteiger partial charge < -0.3 is 0 Å². The normalized spacial score (nSPS) is 15.8. The second-order valence-corrected chi connectivity index (χ2v) is 5.60. The van der Waals surface area contributed by atoms with Crippen LogP contribution in [0.4, 0.5) is 0 Å². The topological polar surface area (TPSA) is 0 Å². The lowest BCUT2D eigenvalue weighted by molar-refractivity contribution is 0.339. The minimum atomic E-state index is 0.619. The largest absolute Gasteiger partial charge is 0.103 e. The molecule has 0 heterocycles. The average molecular weight is 234 g/mol. The van der Waals surface area contributed by atoms with Gasteiger partial charge in [-0.15, -0.1) is 6.58 Å². The van der Waals surface area contributed by atoms with Gasteiger partial charge in [-0.3, -0.25) is 0 Å².